The zero-order valence-corrected chi connectivity index (χ0v) is 25.6. The molecular weight excluding hydrogens is 526 g/mol. The maximum atomic E-state index is 13.2. The first-order valence-corrected chi connectivity index (χ1v) is 16.5. The monoisotopic (exact) mass is 577 g/mol. The second kappa shape index (κ2) is 11.3. The Hall–Kier alpha value is -2.38. The summed E-state index contributed by atoms with van der Waals surface area (Å²) in [7, 11) is 0. The molecule has 4 aliphatic carbocycles. The van der Waals surface area contributed by atoms with Crippen molar-refractivity contribution in [1.29, 1.82) is 0 Å². The first-order chi connectivity index (χ1) is 20.0. The van der Waals surface area contributed by atoms with Crippen LogP contribution in [0.2, 0.25) is 0 Å². The summed E-state index contributed by atoms with van der Waals surface area (Å²) in [6.07, 6.45) is 11.6. The van der Waals surface area contributed by atoms with Crippen molar-refractivity contribution >= 4 is 22.8 Å². The fourth-order valence-electron chi connectivity index (χ4n) is 10.8. The van der Waals surface area contributed by atoms with Gasteiger partial charge in [0.25, 0.3) is 0 Å². The first kappa shape index (κ1) is 29.7. The van der Waals surface area contributed by atoms with E-state index >= 15 is 0 Å². The van der Waals surface area contributed by atoms with Gasteiger partial charge in [-0.1, -0.05) is 39.0 Å². The number of para-hydroxylation sites is 1. The molecule has 11 atom stereocenters. The summed E-state index contributed by atoms with van der Waals surface area (Å²) >= 11 is 0. The number of hydrogen-bond donors (Lipinski definition) is 5. The highest BCUT2D eigenvalue weighted by Gasteiger charge is 2.63. The average molecular weight is 578 g/mol. The number of fused-ring (bicyclic) bond motifs is 6. The van der Waals surface area contributed by atoms with E-state index in [1.807, 2.05) is 24.4 Å². The van der Waals surface area contributed by atoms with Gasteiger partial charge < -0.3 is 26.2 Å². The van der Waals surface area contributed by atoms with Gasteiger partial charge in [-0.2, -0.15) is 0 Å². The van der Waals surface area contributed by atoms with Crippen LogP contribution in [0.25, 0.3) is 10.9 Å². The summed E-state index contributed by atoms with van der Waals surface area (Å²) in [6, 6.07) is 7.71. The molecule has 0 radical (unpaired) electrons. The number of carbonyl (C=O) groups is 2. The number of nitrogens with one attached hydrogen (secondary N) is 2. The van der Waals surface area contributed by atoms with Crippen molar-refractivity contribution in [2.75, 3.05) is 0 Å². The molecular formula is C35H51N3O4. The third-order valence-electron chi connectivity index (χ3n) is 13.1. The molecule has 4 fully saturated rings. The molecule has 0 spiro atoms. The molecule has 6 N–H and O–H groups in total. The Morgan fingerprint density at radius 3 is 2.67 bits per heavy atom. The number of carboxylic acids is 1. The first-order valence-electron chi connectivity index (χ1n) is 16.5. The number of aromatic nitrogens is 1. The number of carbonyl (C=O) groups excluding carboxylic acids is 1. The average Bonchev–Trinajstić information content (AvgIpc) is 3.54. The highest BCUT2D eigenvalue weighted by atomic mass is 16.4. The van der Waals surface area contributed by atoms with Crippen molar-refractivity contribution in [2.45, 2.75) is 110 Å². The fraction of sp³-hybridized carbons (Fsp3) is 0.714. The lowest BCUT2D eigenvalue weighted by molar-refractivity contribution is -0.170. The van der Waals surface area contributed by atoms with Crippen molar-refractivity contribution in [1.82, 2.24) is 10.3 Å². The van der Waals surface area contributed by atoms with Gasteiger partial charge in [-0.15, -0.1) is 0 Å². The van der Waals surface area contributed by atoms with Gasteiger partial charge in [0.1, 0.15) is 0 Å². The van der Waals surface area contributed by atoms with Crippen LogP contribution < -0.4 is 11.1 Å². The van der Waals surface area contributed by atoms with E-state index in [0.717, 1.165) is 55.0 Å². The number of rotatable bonds is 8. The second-order valence-electron chi connectivity index (χ2n) is 15.0. The predicted octanol–water partition coefficient (Wildman–Crippen LogP) is 5.65. The van der Waals surface area contributed by atoms with E-state index in [9.17, 15) is 19.8 Å². The Kier molecular flexibility index (Phi) is 7.97. The van der Waals surface area contributed by atoms with Gasteiger partial charge in [-0.25, -0.2) is 0 Å². The number of benzene rings is 1. The highest BCUT2D eigenvalue weighted by molar-refractivity contribution is 5.86. The molecule has 0 saturated heterocycles. The third-order valence-corrected chi connectivity index (χ3v) is 13.1. The summed E-state index contributed by atoms with van der Waals surface area (Å²) in [5, 5.41) is 25.5. The number of hydrogen-bond acceptors (Lipinski definition) is 4. The number of carboxylic acid groups (broad SMARTS) is 1. The van der Waals surface area contributed by atoms with Gasteiger partial charge in [0.2, 0.25) is 5.91 Å². The van der Waals surface area contributed by atoms with Gasteiger partial charge in [0, 0.05) is 29.6 Å². The lowest BCUT2D eigenvalue weighted by Crippen LogP contribution is -2.59. The van der Waals surface area contributed by atoms with Crippen molar-refractivity contribution < 1.29 is 19.8 Å². The minimum Gasteiger partial charge on any atom is -0.481 e. The Morgan fingerprint density at radius 1 is 1.10 bits per heavy atom. The van der Waals surface area contributed by atoms with Crippen LogP contribution in [0.3, 0.4) is 0 Å². The lowest BCUT2D eigenvalue weighted by atomic mass is 9.43. The second-order valence-corrected chi connectivity index (χ2v) is 15.0. The van der Waals surface area contributed by atoms with Crippen molar-refractivity contribution in [3.05, 3.63) is 36.0 Å². The zero-order valence-electron chi connectivity index (χ0n) is 25.6. The number of aliphatic hydroxyl groups excluding tert-OH is 1. The summed E-state index contributed by atoms with van der Waals surface area (Å²) in [4.78, 5) is 27.7. The minimum absolute atomic E-state index is 0.0551. The SMILES string of the molecule is C[C@H](CCC(=O)O)[C@H]1CC[C@H]2[C@@H]3CC[C@@H]4C[C@@H](NC(=O)[C@@H](N)Cc5c[nH]c6ccccc56)CC[C@]4(C)[C@H]3C[C@H](O)[C@]12C. The van der Waals surface area contributed by atoms with E-state index in [2.05, 4.69) is 37.1 Å². The molecule has 0 unspecified atom stereocenters. The molecule has 2 aromatic rings. The van der Waals surface area contributed by atoms with E-state index in [1.54, 1.807) is 0 Å². The van der Waals surface area contributed by atoms with Gasteiger partial charge in [0.15, 0.2) is 0 Å². The summed E-state index contributed by atoms with van der Waals surface area (Å²) in [5.74, 6) is 2.14. The van der Waals surface area contributed by atoms with Crippen LogP contribution in [-0.2, 0) is 16.0 Å². The molecule has 1 heterocycles. The fourth-order valence-corrected chi connectivity index (χ4v) is 10.8. The number of nitrogens with two attached hydrogens (primary N) is 1. The molecule has 6 rings (SSSR count). The molecule has 1 aromatic heterocycles. The van der Waals surface area contributed by atoms with Gasteiger partial charge in [0.05, 0.1) is 12.1 Å². The lowest BCUT2D eigenvalue weighted by Gasteiger charge is -2.62. The normalized spacial score (nSPS) is 39.1. The minimum atomic E-state index is -0.722. The Bertz CT molecular complexity index is 1310. The Labute approximate surface area is 250 Å². The zero-order chi connectivity index (χ0) is 29.8. The largest absolute Gasteiger partial charge is 0.481 e. The molecule has 1 amide bonds. The van der Waals surface area contributed by atoms with Crippen LogP contribution in [0, 0.1) is 46.3 Å². The quantitative estimate of drug-likeness (QED) is 0.277. The Balaban J connectivity index is 1.09. The maximum absolute atomic E-state index is 13.2. The van der Waals surface area contributed by atoms with Crippen LogP contribution in [0.4, 0.5) is 0 Å². The maximum Gasteiger partial charge on any atom is 0.303 e. The molecule has 7 nitrogen and oxygen atoms in total. The number of aromatic amines is 1. The Morgan fingerprint density at radius 2 is 1.88 bits per heavy atom. The standard InChI is InChI=1S/C35H51N3O4/c1-20(8-13-32(40)41)26-11-12-27-25-10-9-22-17-23(14-15-34(22,2)28(25)18-31(39)35(26,27)3)38-33(42)29(36)16-21-19-37-30-7-5-4-6-24(21)30/h4-7,19-20,22-23,25-29,31,37,39H,8-18,36H2,1-3H3,(H,38,42)(H,40,41)/t20-,22-,23+,25+,26-,27+,28+,29+,31+,34+,35-/m1/s1. The van der Waals surface area contributed by atoms with E-state index in [1.165, 1.54) is 12.8 Å². The predicted molar refractivity (Wildman–Crippen MR) is 165 cm³/mol. The van der Waals surface area contributed by atoms with Crippen LogP contribution >= 0.6 is 0 Å². The topological polar surface area (TPSA) is 128 Å². The molecule has 0 aliphatic heterocycles. The molecule has 0 bridgehead atoms. The molecule has 4 saturated carbocycles. The number of aliphatic hydroxyl groups is 1. The molecule has 42 heavy (non-hydrogen) atoms. The van der Waals surface area contributed by atoms with E-state index in [0.29, 0.717) is 48.3 Å². The van der Waals surface area contributed by atoms with E-state index in [-0.39, 0.29) is 35.3 Å². The van der Waals surface area contributed by atoms with Crippen LogP contribution in [0.15, 0.2) is 30.5 Å². The molecule has 4 aliphatic rings. The smallest absolute Gasteiger partial charge is 0.303 e. The van der Waals surface area contributed by atoms with Crippen molar-refractivity contribution in [3.8, 4) is 0 Å². The van der Waals surface area contributed by atoms with E-state index < -0.39 is 12.0 Å². The molecule has 1 aromatic carbocycles. The number of amides is 1. The van der Waals surface area contributed by atoms with Crippen LogP contribution in [0.1, 0.15) is 90.5 Å². The van der Waals surface area contributed by atoms with Crippen LogP contribution in [-0.4, -0.2) is 45.3 Å². The van der Waals surface area contributed by atoms with Crippen LogP contribution in [0.5, 0.6) is 0 Å². The third kappa shape index (κ3) is 4.98. The van der Waals surface area contributed by atoms with Crippen molar-refractivity contribution in [3.63, 3.8) is 0 Å². The van der Waals surface area contributed by atoms with E-state index in [4.69, 9.17) is 5.73 Å². The molecule has 230 valence electrons. The van der Waals surface area contributed by atoms with Gasteiger partial charge in [-0.05, 0) is 122 Å². The van der Waals surface area contributed by atoms with Crippen molar-refractivity contribution in [2.24, 2.45) is 52.1 Å². The summed E-state index contributed by atoms with van der Waals surface area (Å²) in [5.41, 5.74) is 8.64. The van der Waals surface area contributed by atoms with Gasteiger partial charge >= 0.3 is 5.97 Å². The highest BCUT2D eigenvalue weighted by Crippen LogP contribution is 2.68. The number of H-pyrrole nitrogens is 1. The summed E-state index contributed by atoms with van der Waals surface area (Å²) < 4.78 is 0. The number of aliphatic carboxylic acids is 1. The summed E-state index contributed by atoms with van der Waals surface area (Å²) in [6.45, 7) is 7.01. The van der Waals surface area contributed by atoms with Gasteiger partial charge in [-0.3, -0.25) is 9.59 Å². The molecule has 7 heteroatoms.